The molecule has 0 atom stereocenters. The fraction of sp³-hybridized carbons (Fsp3) is 0.0833. The number of nitrogens with zero attached hydrogens (tertiary/aromatic N) is 1. The maximum atomic E-state index is 12.4. The first kappa shape index (κ1) is 19.7. The van der Waals surface area contributed by atoms with Gasteiger partial charge in [0.15, 0.2) is 0 Å². The molecular formula is C24H22N4O. The zero-order chi connectivity index (χ0) is 20.6. The Morgan fingerprint density at radius 1 is 0.897 bits per heavy atom. The van der Waals surface area contributed by atoms with E-state index in [1.54, 1.807) is 0 Å². The van der Waals surface area contributed by atoms with Crippen molar-refractivity contribution in [2.24, 2.45) is 0 Å². The summed E-state index contributed by atoms with van der Waals surface area (Å²) in [5.74, 6) is -0.450. The van der Waals surface area contributed by atoms with E-state index in [0.29, 0.717) is 5.69 Å². The van der Waals surface area contributed by atoms with E-state index in [1.165, 1.54) is 6.20 Å². The zero-order valence-corrected chi connectivity index (χ0v) is 16.4. The minimum Gasteiger partial charge on any atom is -0.360 e. The van der Waals surface area contributed by atoms with Gasteiger partial charge >= 0.3 is 0 Å². The summed E-state index contributed by atoms with van der Waals surface area (Å²) in [6, 6.07) is 25.1. The van der Waals surface area contributed by atoms with Crippen molar-refractivity contribution in [2.75, 3.05) is 16.0 Å². The van der Waals surface area contributed by atoms with E-state index >= 15 is 0 Å². The van der Waals surface area contributed by atoms with Crippen LogP contribution in [0.5, 0.6) is 0 Å². The van der Waals surface area contributed by atoms with Crippen molar-refractivity contribution < 1.29 is 4.79 Å². The van der Waals surface area contributed by atoms with E-state index in [1.807, 2.05) is 92.7 Å². The molecule has 1 amide bonds. The molecule has 0 unspecified atom stereocenters. The molecule has 0 radical (unpaired) electrons. The van der Waals surface area contributed by atoms with E-state index in [9.17, 15) is 10.1 Å². The van der Waals surface area contributed by atoms with Crippen molar-refractivity contribution in [3.05, 3.63) is 95.7 Å². The second-order valence-corrected chi connectivity index (χ2v) is 6.66. The second kappa shape index (κ2) is 9.25. The van der Waals surface area contributed by atoms with Gasteiger partial charge in [-0.1, -0.05) is 35.9 Å². The van der Waals surface area contributed by atoms with E-state index in [2.05, 4.69) is 16.0 Å². The van der Waals surface area contributed by atoms with Crippen molar-refractivity contribution in [2.45, 2.75) is 13.8 Å². The predicted octanol–water partition coefficient (Wildman–Crippen LogP) is 5.51. The van der Waals surface area contributed by atoms with Gasteiger partial charge < -0.3 is 16.0 Å². The third kappa shape index (κ3) is 5.47. The summed E-state index contributed by atoms with van der Waals surface area (Å²) < 4.78 is 0. The summed E-state index contributed by atoms with van der Waals surface area (Å²) in [5.41, 5.74) is 5.47. The molecule has 5 heteroatoms. The van der Waals surface area contributed by atoms with Crippen molar-refractivity contribution in [3.63, 3.8) is 0 Å². The molecule has 0 aliphatic rings. The largest absolute Gasteiger partial charge is 0.360 e. The van der Waals surface area contributed by atoms with Crippen LogP contribution in [-0.4, -0.2) is 5.91 Å². The van der Waals surface area contributed by atoms with Crippen LogP contribution in [0, 0.1) is 25.2 Å². The average Bonchev–Trinajstić information content (AvgIpc) is 2.72. The summed E-state index contributed by atoms with van der Waals surface area (Å²) in [6.45, 7) is 3.91. The predicted molar refractivity (Wildman–Crippen MR) is 118 cm³/mol. The number of hydrogen-bond donors (Lipinski definition) is 3. The van der Waals surface area contributed by atoms with E-state index in [-0.39, 0.29) is 5.57 Å². The summed E-state index contributed by atoms with van der Waals surface area (Å²) in [4.78, 5) is 12.4. The Morgan fingerprint density at radius 2 is 1.55 bits per heavy atom. The molecule has 3 aromatic carbocycles. The van der Waals surface area contributed by atoms with Crippen LogP contribution in [0.2, 0.25) is 0 Å². The lowest BCUT2D eigenvalue weighted by Gasteiger charge is -2.09. The number of rotatable bonds is 6. The second-order valence-electron chi connectivity index (χ2n) is 6.66. The molecule has 0 aliphatic heterocycles. The highest BCUT2D eigenvalue weighted by Gasteiger charge is 2.10. The molecule has 0 saturated carbocycles. The standard InChI is InChI=1S/C24H22N4O/c1-17-8-13-23(18(2)14-17)28-24(29)19(15-25)16-26-20-9-11-22(12-10-20)27-21-6-4-3-5-7-21/h3-14,16,26-27H,1-2H3,(H,28,29)/b19-16-. The van der Waals surface area contributed by atoms with E-state index in [0.717, 1.165) is 28.2 Å². The summed E-state index contributed by atoms with van der Waals surface area (Å²) in [6.07, 6.45) is 1.42. The van der Waals surface area contributed by atoms with E-state index in [4.69, 9.17) is 0 Å². The molecule has 29 heavy (non-hydrogen) atoms. The van der Waals surface area contributed by atoms with Crippen LogP contribution < -0.4 is 16.0 Å². The zero-order valence-electron chi connectivity index (χ0n) is 16.4. The van der Waals surface area contributed by atoms with Crippen molar-refractivity contribution in [3.8, 4) is 6.07 Å². The number of carbonyl (C=O) groups excluding carboxylic acids is 1. The van der Waals surface area contributed by atoms with Gasteiger partial charge in [0.2, 0.25) is 0 Å². The molecule has 144 valence electrons. The number of nitrogens with one attached hydrogen (secondary N) is 3. The lowest BCUT2D eigenvalue weighted by Crippen LogP contribution is -2.15. The Bertz CT molecular complexity index is 1060. The number of nitriles is 1. The highest BCUT2D eigenvalue weighted by molar-refractivity contribution is 6.07. The van der Waals surface area contributed by atoms with Crippen molar-refractivity contribution in [1.82, 2.24) is 0 Å². The van der Waals surface area contributed by atoms with Gasteiger partial charge in [-0.15, -0.1) is 0 Å². The number of benzene rings is 3. The molecule has 3 aromatic rings. The smallest absolute Gasteiger partial charge is 0.267 e. The van der Waals surface area contributed by atoms with Gasteiger partial charge in [-0.3, -0.25) is 4.79 Å². The summed E-state index contributed by atoms with van der Waals surface area (Å²) >= 11 is 0. The molecular weight excluding hydrogens is 360 g/mol. The molecule has 0 bridgehead atoms. The first-order valence-electron chi connectivity index (χ1n) is 9.23. The minimum absolute atomic E-state index is 0.00328. The van der Waals surface area contributed by atoms with Gasteiger partial charge in [-0.05, 0) is 61.9 Å². The highest BCUT2D eigenvalue weighted by Crippen LogP contribution is 2.19. The molecule has 0 saturated heterocycles. The monoisotopic (exact) mass is 382 g/mol. The van der Waals surface area contributed by atoms with Crippen LogP contribution in [0.15, 0.2) is 84.6 Å². The van der Waals surface area contributed by atoms with Crippen LogP contribution in [-0.2, 0) is 4.79 Å². The molecule has 5 nitrogen and oxygen atoms in total. The molecule has 3 rings (SSSR count). The van der Waals surface area contributed by atoms with Crippen LogP contribution in [0.25, 0.3) is 0 Å². The first-order chi connectivity index (χ1) is 14.0. The number of carbonyl (C=O) groups is 1. The minimum atomic E-state index is -0.450. The fourth-order valence-electron chi connectivity index (χ4n) is 2.79. The van der Waals surface area contributed by atoms with Crippen molar-refractivity contribution >= 4 is 28.7 Å². The third-order valence-corrected chi connectivity index (χ3v) is 4.33. The molecule has 3 N–H and O–H groups in total. The molecule has 0 spiro atoms. The maximum Gasteiger partial charge on any atom is 0.267 e. The van der Waals surface area contributed by atoms with Crippen LogP contribution >= 0.6 is 0 Å². The summed E-state index contributed by atoms with van der Waals surface area (Å²) in [7, 11) is 0. The van der Waals surface area contributed by atoms with Gasteiger partial charge in [0.25, 0.3) is 5.91 Å². The van der Waals surface area contributed by atoms with Crippen LogP contribution in [0.3, 0.4) is 0 Å². The Morgan fingerprint density at radius 3 is 2.21 bits per heavy atom. The van der Waals surface area contributed by atoms with Gasteiger partial charge in [-0.25, -0.2) is 0 Å². The van der Waals surface area contributed by atoms with Crippen LogP contribution in [0.4, 0.5) is 22.7 Å². The van der Waals surface area contributed by atoms with Gasteiger partial charge in [0.05, 0.1) is 0 Å². The quantitative estimate of drug-likeness (QED) is 0.388. The van der Waals surface area contributed by atoms with Crippen LogP contribution in [0.1, 0.15) is 11.1 Å². The first-order valence-corrected chi connectivity index (χ1v) is 9.23. The molecule has 0 aromatic heterocycles. The number of aryl methyl sites for hydroxylation is 2. The SMILES string of the molecule is Cc1ccc(NC(=O)/C(C#N)=C\Nc2ccc(Nc3ccccc3)cc2)c(C)c1. The Kier molecular flexibility index (Phi) is 6.29. The molecule has 0 aliphatic carbocycles. The average molecular weight is 382 g/mol. The van der Waals surface area contributed by atoms with Gasteiger partial charge in [-0.2, -0.15) is 5.26 Å². The lowest BCUT2D eigenvalue weighted by molar-refractivity contribution is -0.112. The lowest BCUT2D eigenvalue weighted by atomic mass is 10.1. The Labute approximate surface area is 170 Å². The maximum absolute atomic E-state index is 12.4. The summed E-state index contributed by atoms with van der Waals surface area (Å²) in [5, 5.41) is 18.4. The molecule has 0 fully saturated rings. The molecule has 0 heterocycles. The Hall–Kier alpha value is -4.04. The van der Waals surface area contributed by atoms with Gasteiger partial charge in [0, 0.05) is 28.9 Å². The van der Waals surface area contributed by atoms with E-state index < -0.39 is 5.91 Å². The number of anilines is 4. The normalized spacial score (nSPS) is 10.7. The number of para-hydroxylation sites is 1. The fourth-order valence-corrected chi connectivity index (χ4v) is 2.79. The number of amides is 1. The number of hydrogen-bond acceptors (Lipinski definition) is 4. The Balaban J connectivity index is 1.63. The third-order valence-electron chi connectivity index (χ3n) is 4.33. The topological polar surface area (TPSA) is 77.0 Å². The van der Waals surface area contributed by atoms with Gasteiger partial charge in [0.1, 0.15) is 11.6 Å². The highest BCUT2D eigenvalue weighted by atomic mass is 16.1. The van der Waals surface area contributed by atoms with Crippen molar-refractivity contribution in [1.29, 1.82) is 5.26 Å².